The smallest absolute Gasteiger partial charge is 0.312 e. The van der Waals surface area contributed by atoms with Gasteiger partial charge in [0.25, 0.3) is 0 Å². The van der Waals surface area contributed by atoms with E-state index in [0.29, 0.717) is 18.3 Å². The highest BCUT2D eigenvalue weighted by atomic mass is 16.6. The van der Waals surface area contributed by atoms with E-state index in [1.54, 1.807) is 0 Å². The summed E-state index contributed by atoms with van der Waals surface area (Å²) in [5.74, 6) is 0.550. The fourth-order valence-electron chi connectivity index (χ4n) is 7.22. The van der Waals surface area contributed by atoms with E-state index in [1.807, 2.05) is 6.92 Å². The summed E-state index contributed by atoms with van der Waals surface area (Å²) in [7, 11) is 0. The van der Waals surface area contributed by atoms with E-state index in [9.17, 15) is 14.7 Å². The molecule has 4 rings (SSSR count). The van der Waals surface area contributed by atoms with Crippen molar-refractivity contribution in [2.45, 2.75) is 78.1 Å². The molecule has 25 heavy (non-hydrogen) atoms. The molecular weight excluding hydrogens is 320 g/mol. The van der Waals surface area contributed by atoms with Gasteiger partial charge in [0.2, 0.25) is 0 Å². The minimum Gasteiger partial charge on any atom is -0.462 e. The maximum absolute atomic E-state index is 12.6. The van der Waals surface area contributed by atoms with Crippen LogP contribution in [0.4, 0.5) is 0 Å². The van der Waals surface area contributed by atoms with Gasteiger partial charge in [-0.1, -0.05) is 13.8 Å². The topological polar surface area (TPSA) is 72.8 Å². The highest BCUT2D eigenvalue weighted by Crippen LogP contribution is 2.66. The summed E-state index contributed by atoms with van der Waals surface area (Å²) in [5.41, 5.74) is -0.737. The normalized spacial score (nSPS) is 54.3. The number of ether oxygens (including phenoxy) is 2. The van der Waals surface area contributed by atoms with E-state index in [0.717, 1.165) is 25.7 Å². The van der Waals surface area contributed by atoms with E-state index in [4.69, 9.17) is 9.47 Å². The molecule has 1 saturated heterocycles. The quantitative estimate of drug-likeness (QED) is 0.736. The van der Waals surface area contributed by atoms with E-state index in [2.05, 4.69) is 13.8 Å². The van der Waals surface area contributed by atoms with E-state index < -0.39 is 11.5 Å². The van der Waals surface area contributed by atoms with Crippen molar-refractivity contribution in [1.29, 1.82) is 0 Å². The molecule has 5 nitrogen and oxygen atoms in total. The molecule has 0 unspecified atom stereocenters. The Morgan fingerprint density at radius 3 is 2.64 bits per heavy atom. The zero-order valence-electron chi connectivity index (χ0n) is 15.7. The highest BCUT2D eigenvalue weighted by molar-refractivity contribution is 5.80. The molecule has 2 bridgehead atoms. The van der Waals surface area contributed by atoms with E-state index >= 15 is 0 Å². The van der Waals surface area contributed by atoms with Gasteiger partial charge in [-0.25, -0.2) is 0 Å². The second-order valence-corrected chi connectivity index (χ2v) is 9.63. The first-order valence-electron chi connectivity index (χ1n) is 9.71. The summed E-state index contributed by atoms with van der Waals surface area (Å²) in [5, 5.41) is 11.1. The summed E-state index contributed by atoms with van der Waals surface area (Å²) >= 11 is 0. The number of hydrogen-bond donors (Lipinski definition) is 1. The van der Waals surface area contributed by atoms with Crippen LogP contribution in [-0.2, 0) is 19.1 Å². The first-order valence-corrected chi connectivity index (χ1v) is 9.71. The van der Waals surface area contributed by atoms with E-state index in [-0.39, 0.29) is 41.4 Å². The van der Waals surface area contributed by atoms with Crippen molar-refractivity contribution in [3.63, 3.8) is 0 Å². The van der Waals surface area contributed by atoms with Gasteiger partial charge in [-0.15, -0.1) is 0 Å². The standard InChI is InChI=1S/C20H30O5/c1-10-5-14-13(16(6-10)24-11(2)21)7-15(22)17-19(14,3)8-12-9-20(17,4)18(23)25-12/h10,12-17,22H,5-9H2,1-4H3/t10-,12-,13+,14-,15+,16-,17+,19+,20-/m1/s1. The van der Waals surface area contributed by atoms with Crippen LogP contribution < -0.4 is 0 Å². The third-order valence-corrected chi connectivity index (χ3v) is 7.80. The SMILES string of the molecule is CC(=O)O[C@@H]1C[C@H](C)C[C@@H]2[C@@H]1C[C@H](O)[C@H]1[C@@]2(C)C[C@@H]2C[C@@]1(C)C(=O)O2. The molecule has 0 aromatic heterocycles. The third kappa shape index (κ3) is 2.37. The molecule has 140 valence electrons. The molecule has 1 N–H and O–H groups in total. The second kappa shape index (κ2) is 5.45. The first-order chi connectivity index (χ1) is 11.6. The zero-order valence-corrected chi connectivity index (χ0v) is 15.7. The Hall–Kier alpha value is -1.10. The predicted molar refractivity (Wildman–Crippen MR) is 90.4 cm³/mol. The molecule has 1 aliphatic heterocycles. The Kier molecular flexibility index (Phi) is 3.77. The first kappa shape index (κ1) is 17.3. The van der Waals surface area contributed by atoms with Crippen LogP contribution in [0.1, 0.15) is 59.8 Å². The zero-order chi connectivity index (χ0) is 18.1. The van der Waals surface area contributed by atoms with Crippen LogP contribution in [0.2, 0.25) is 0 Å². The Morgan fingerprint density at radius 2 is 1.96 bits per heavy atom. The Bertz CT molecular complexity index is 603. The molecule has 3 saturated carbocycles. The van der Waals surface area contributed by atoms with Gasteiger partial charge < -0.3 is 14.6 Å². The lowest BCUT2D eigenvalue weighted by Crippen LogP contribution is -2.62. The average Bonchev–Trinajstić information content (AvgIpc) is 2.69. The number of rotatable bonds is 1. The number of hydrogen-bond acceptors (Lipinski definition) is 5. The maximum Gasteiger partial charge on any atom is 0.312 e. The molecule has 0 aromatic carbocycles. The van der Waals surface area contributed by atoms with Crippen molar-refractivity contribution in [3.8, 4) is 0 Å². The highest BCUT2D eigenvalue weighted by Gasteiger charge is 2.68. The lowest BCUT2D eigenvalue weighted by Gasteiger charge is -2.61. The fraction of sp³-hybridized carbons (Fsp3) is 0.900. The molecule has 4 aliphatic rings. The average molecular weight is 350 g/mol. The van der Waals surface area contributed by atoms with Crippen molar-refractivity contribution < 1.29 is 24.2 Å². The number of aliphatic hydroxyl groups is 1. The molecule has 0 aromatic rings. The van der Waals surface area contributed by atoms with Crippen LogP contribution in [0.25, 0.3) is 0 Å². The van der Waals surface area contributed by atoms with E-state index in [1.165, 1.54) is 6.92 Å². The van der Waals surface area contributed by atoms with Crippen molar-refractivity contribution in [1.82, 2.24) is 0 Å². The van der Waals surface area contributed by atoms with Crippen LogP contribution >= 0.6 is 0 Å². The van der Waals surface area contributed by atoms with Gasteiger partial charge in [0.1, 0.15) is 12.2 Å². The predicted octanol–water partition coefficient (Wildman–Crippen LogP) is 2.69. The van der Waals surface area contributed by atoms with Crippen molar-refractivity contribution in [2.75, 3.05) is 0 Å². The van der Waals surface area contributed by atoms with Crippen LogP contribution in [0.3, 0.4) is 0 Å². The van der Waals surface area contributed by atoms with Gasteiger partial charge in [0.05, 0.1) is 11.5 Å². The molecule has 4 fully saturated rings. The minimum atomic E-state index is -0.584. The van der Waals surface area contributed by atoms with Crippen molar-refractivity contribution in [2.24, 2.45) is 34.5 Å². The Labute approximate surface area is 149 Å². The third-order valence-electron chi connectivity index (χ3n) is 7.80. The lowest BCUT2D eigenvalue weighted by atomic mass is 9.43. The molecule has 1 heterocycles. The van der Waals surface area contributed by atoms with Crippen LogP contribution in [-0.4, -0.2) is 35.4 Å². The summed E-state index contributed by atoms with van der Waals surface area (Å²) in [6.45, 7) is 7.91. The van der Waals surface area contributed by atoms with Crippen LogP contribution in [0.15, 0.2) is 0 Å². The number of carbonyl (C=O) groups is 2. The minimum absolute atomic E-state index is 0.0332. The lowest BCUT2D eigenvalue weighted by molar-refractivity contribution is -0.200. The number of fused-ring (bicyclic) bond motifs is 6. The molecule has 0 radical (unpaired) electrons. The monoisotopic (exact) mass is 350 g/mol. The van der Waals surface area contributed by atoms with Gasteiger partial charge in [-0.3, -0.25) is 9.59 Å². The van der Waals surface area contributed by atoms with Crippen molar-refractivity contribution in [3.05, 3.63) is 0 Å². The van der Waals surface area contributed by atoms with Gasteiger partial charge in [-0.05, 0) is 49.9 Å². The van der Waals surface area contributed by atoms with Gasteiger partial charge in [-0.2, -0.15) is 0 Å². The molecule has 0 spiro atoms. The maximum atomic E-state index is 12.6. The molecular formula is C20H30O5. The summed E-state index contributed by atoms with van der Waals surface area (Å²) in [6.07, 6.45) is 3.39. The number of carbonyl (C=O) groups excluding carboxylic acids is 2. The summed E-state index contributed by atoms with van der Waals surface area (Å²) < 4.78 is 11.3. The Balaban J connectivity index is 1.73. The van der Waals surface area contributed by atoms with Gasteiger partial charge in [0, 0.05) is 25.2 Å². The Morgan fingerprint density at radius 1 is 1.24 bits per heavy atom. The van der Waals surface area contributed by atoms with Gasteiger partial charge in [0.15, 0.2) is 0 Å². The van der Waals surface area contributed by atoms with Crippen molar-refractivity contribution >= 4 is 11.9 Å². The molecule has 0 amide bonds. The number of esters is 2. The largest absolute Gasteiger partial charge is 0.462 e. The number of aliphatic hydroxyl groups excluding tert-OH is 1. The second-order valence-electron chi connectivity index (χ2n) is 9.63. The summed E-state index contributed by atoms with van der Waals surface area (Å²) in [6, 6.07) is 0. The van der Waals surface area contributed by atoms with Crippen LogP contribution in [0, 0.1) is 34.5 Å². The van der Waals surface area contributed by atoms with Crippen LogP contribution in [0.5, 0.6) is 0 Å². The molecule has 5 heteroatoms. The fourth-order valence-corrected chi connectivity index (χ4v) is 7.22. The molecule has 9 atom stereocenters. The molecule has 3 aliphatic carbocycles. The summed E-state index contributed by atoms with van der Waals surface area (Å²) in [4.78, 5) is 24.1. The van der Waals surface area contributed by atoms with Gasteiger partial charge >= 0.3 is 11.9 Å².